The van der Waals surface area contributed by atoms with E-state index in [1.807, 2.05) is 0 Å². The Balaban J connectivity index is 0. The third-order valence-electron chi connectivity index (χ3n) is 3.06. The molecule has 0 aliphatic heterocycles. The zero-order valence-corrected chi connectivity index (χ0v) is 14.3. The van der Waals surface area contributed by atoms with Gasteiger partial charge in [0.1, 0.15) is 0 Å². The molecule has 0 unspecified atom stereocenters. The first-order chi connectivity index (χ1) is 6.33. The van der Waals surface area contributed by atoms with Gasteiger partial charge in [0, 0.05) is 0 Å². The minimum atomic E-state index is 0. The SMILES string of the molecule is Cc1cc2cc3c(cc2[cH-]1)CCC3.[Cl-].[Cl-].[Cl-].[Zr+4]. The van der Waals surface area contributed by atoms with Gasteiger partial charge in [0.05, 0.1) is 0 Å². The van der Waals surface area contributed by atoms with Crippen LogP contribution in [0.2, 0.25) is 0 Å². The summed E-state index contributed by atoms with van der Waals surface area (Å²) in [6, 6.07) is 9.33. The van der Waals surface area contributed by atoms with E-state index in [9.17, 15) is 0 Å². The third kappa shape index (κ3) is 3.77. The van der Waals surface area contributed by atoms with Gasteiger partial charge in [-0.05, 0) is 19.3 Å². The van der Waals surface area contributed by atoms with Crippen LogP contribution in [0.15, 0.2) is 24.3 Å². The molecule has 1 aliphatic rings. The summed E-state index contributed by atoms with van der Waals surface area (Å²) in [6.07, 6.45) is 3.92. The maximum absolute atomic E-state index is 2.38. The molecule has 0 radical (unpaired) electrons. The molecular weight excluding hydrogens is 354 g/mol. The fraction of sp³-hybridized carbons (Fsp3) is 0.308. The van der Waals surface area contributed by atoms with E-state index < -0.39 is 0 Å². The molecule has 0 N–H and O–H groups in total. The van der Waals surface area contributed by atoms with Crippen LogP contribution < -0.4 is 37.2 Å². The Hall–Kier alpha value is 0.583. The predicted octanol–water partition coefficient (Wildman–Crippen LogP) is -5.63. The van der Waals surface area contributed by atoms with E-state index in [-0.39, 0.29) is 63.4 Å². The molecule has 0 saturated heterocycles. The van der Waals surface area contributed by atoms with E-state index in [4.69, 9.17) is 0 Å². The van der Waals surface area contributed by atoms with Crippen molar-refractivity contribution in [1.29, 1.82) is 0 Å². The van der Waals surface area contributed by atoms with Crippen LogP contribution in [0.4, 0.5) is 0 Å². The Morgan fingerprint density at radius 1 is 0.941 bits per heavy atom. The Morgan fingerprint density at radius 3 is 2.18 bits per heavy atom. The van der Waals surface area contributed by atoms with E-state index in [1.165, 1.54) is 35.6 Å². The molecule has 90 valence electrons. The predicted molar refractivity (Wildman–Crippen MR) is 56.3 cm³/mol. The van der Waals surface area contributed by atoms with Crippen LogP contribution >= 0.6 is 0 Å². The molecule has 4 heteroatoms. The van der Waals surface area contributed by atoms with E-state index in [0.29, 0.717) is 0 Å². The quantitative estimate of drug-likeness (QED) is 0.408. The van der Waals surface area contributed by atoms with Gasteiger partial charge >= 0.3 is 26.2 Å². The van der Waals surface area contributed by atoms with Gasteiger partial charge < -0.3 is 37.2 Å². The van der Waals surface area contributed by atoms with Crippen LogP contribution in [-0.4, -0.2) is 0 Å². The summed E-state index contributed by atoms with van der Waals surface area (Å²) in [7, 11) is 0. The van der Waals surface area contributed by atoms with Gasteiger partial charge in [-0.15, -0.1) is 34.5 Å². The molecule has 0 spiro atoms. The zero-order chi connectivity index (χ0) is 8.84. The molecule has 0 aromatic heterocycles. The standard InChI is InChI=1S/C13H13.3ClH.Zr/c1-9-5-12-7-10-3-2-4-11(10)8-13(12)6-9;;;;/h5-8H,2-4H2,1H3;3*1H;/q-1;;;;+4/p-3. The number of hydrogen-bond acceptors (Lipinski definition) is 0. The zero-order valence-electron chi connectivity index (χ0n) is 9.56. The van der Waals surface area contributed by atoms with E-state index >= 15 is 0 Å². The Bertz CT molecular complexity index is 436. The van der Waals surface area contributed by atoms with Crippen molar-refractivity contribution in [2.24, 2.45) is 0 Å². The van der Waals surface area contributed by atoms with Crippen molar-refractivity contribution in [1.82, 2.24) is 0 Å². The Kier molecular flexibility index (Phi) is 9.25. The number of fused-ring (bicyclic) bond motifs is 2. The smallest absolute Gasteiger partial charge is 1.00 e. The first kappa shape index (κ1) is 19.9. The average molecular weight is 367 g/mol. The van der Waals surface area contributed by atoms with E-state index in [1.54, 1.807) is 11.1 Å². The summed E-state index contributed by atoms with van der Waals surface area (Å²) < 4.78 is 0. The van der Waals surface area contributed by atoms with Crippen molar-refractivity contribution in [2.45, 2.75) is 26.2 Å². The summed E-state index contributed by atoms with van der Waals surface area (Å²) in [6.45, 7) is 2.17. The molecule has 2 aromatic rings. The maximum Gasteiger partial charge on any atom is 4.00 e. The summed E-state index contributed by atoms with van der Waals surface area (Å²) in [5.41, 5.74) is 4.55. The summed E-state index contributed by atoms with van der Waals surface area (Å²) in [5.74, 6) is 0. The van der Waals surface area contributed by atoms with Crippen LogP contribution in [-0.2, 0) is 39.0 Å². The van der Waals surface area contributed by atoms with Gasteiger partial charge in [0.15, 0.2) is 0 Å². The van der Waals surface area contributed by atoms with Gasteiger partial charge in [-0.2, -0.15) is 6.07 Å². The van der Waals surface area contributed by atoms with Gasteiger partial charge in [-0.1, -0.05) is 18.1 Å². The van der Waals surface area contributed by atoms with Crippen molar-refractivity contribution in [3.8, 4) is 0 Å². The molecule has 3 rings (SSSR count). The summed E-state index contributed by atoms with van der Waals surface area (Å²) in [5, 5.41) is 2.86. The maximum atomic E-state index is 2.38. The van der Waals surface area contributed by atoms with Gasteiger partial charge in [0.2, 0.25) is 0 Å². The molecule has 0 heterocycles. The van der Waals surface area contributed by atoms with Crippen molar-refractivity contribution < 1.29 is 63.4 Å². The third-order valence-corrected chi connectivity index (χ3v) is 3.06. The molecule has 0 bridgehead atoms. The second-order valence-electron chi connectivity index (χ2n) is 4.14. The number of aryl methyl sites for hydroxylation is 3. The molecule has 0 amide bonds. The van der Waals surface area contributed by atoms with Crippen molar-refractivity contribution in [3.05, 3.63) is 41.0 Å². The van der Waals surface area contributed by atoms with Crippen molar-refractivity contribution in [2.75, 3.05) is 0 Å². The van der Waals surface area contributed by atoms with Gasteiger partial charge in [0.25, 0.3) is 0 Å². The van der Waals surface area contributed by atoms with Crippen LogP contribution in [0.25, 0.3) is 10.8 Å². The van der Waals surface area contributed by atoms with Crippen molar-refractivity contribution in [3.63, 3.8) is 0 Å². The topological polar surface area (TPSA) is 0 Å². The number of hydrogen-bond donors (Lipinski definition) is 0. The molecule has 17 heavy (non-hydrogen) atoms. The molecule has 0 nitrogen and oxygen atoms in total. The molecule has 1 aliphatic carbocycles. The number of halogens is 3. The fourth-order valence-corrected chi connectivity index (χ4v) is 2.44. The second-order valence-corrected chi connectivity index (χ2v) is 4.14. The second kappa shape index (κ2) is 7.90. The van der Waals surface area contributed by atoms with Crippen molar-refractivity contribution >= 4 is 10.8 Å². The van der Waals surface area contributed by atoms with E-state index in [0.717, 1.165) is 0 Å². The molecule has 0 fully saturated rings. The van der Waals surface area contributed by atoms with Gasteiger partial charge in [-0.25, -0.2) is 0 Å². The largest absolute Gasteiger partial charge is 4.00 e. The minimum Gasteiger partial charge on any atom is -1.00 e. The fourth-order valence-electron chi connectivity index (χ4n) is 2.44. The minimum absolute atomic E-state index is 0. The van der Waals surface area contributed by atoms with Gasteiger partial charge in [-0.3, -0.25) is 0 Å². The average Bonchev–Trinajstić information content (AvgIpc) is 2.63. The van der Waals surface area contributed by atoms with Crippen LogP contribution in [0.3, 0.4) is 0 Å². The monoisotopic (exact) mass is 364 g/mol. The molecular formula is C13H13Cl3Zr. The Labute approximate surface area is 140 Å². The van der Waals surface area contributed by atoms with E-state index in [2.05, 4.69) is 31.2 Å². The van der Waals surface area contributed by atoms with Crippen LogP contribution in [0, 0.1) is 6.92 Å². The number of benzene rings is 1. The molecule has 0 saturated carbocycles. The summed E-state index contributed by atoms with van der Waals surface area (Å²) >= 11 is 0. The molecule has 2 aromatic carbocycles. The van der Waals surface area contributed by atoms with Crippen LogP contribution in [0.5, 0.6) is 0 Å². The summed E-state index contributed by atoms with van der Waals surface area (Å²) in [4.78, 5) is 0. The number of rotatable bonds is 0. The Morgan fingerprint density at radius 2 is 1.53 bits per heavy atom. The first-order valence-electron chi connectivity index (χ1n) is 5.02. The normalized spacial score (nSPS) is 11.6. The molecule has 0 atom stereocenters. The first-order valence-corrected chi connectivity index (χ1v) is 5.02. The van der Waals surface area contributed by atoms with Crippen LogP contribution in [0.1, 0.15) is 23.1 Å².